The molecule has 0 atom stereocenters. The molecule has 22 heavy (non-hydrogen) atoms. The molecule has 3 rings (SSSR count). The van der Waals surface area contributed by atoms with Crippen molar-refractivity contribution >= 4 is 22.2 Å². The van der Waals surface area contributed by atoms with Gasteiger partial charge in [0, 0.05) is 22.9 Å². The van der Waals surface area contributed by atoms with Crippen LogP contribution in [0.1, 0.15) is 25.5 Å². The molecule has 0 aliphatic carbocycles. The number of methoxy groups -OCH3 is 2. The zero-order valence-corrected chi connectivity index (χ0v) is 13.9. The number of pyridine rings is 1. The first-order valence-corrected chi connectivity index (χ1v) is 7.99. The van der Waals surface area contributed by atoms with E-state index in [1.807, 2.05) is 24.3 Å². The molecule has 0 amide bonds. The van der Waals surface area contributed by atoms with Crippen LogP contribution in [0.15, 0.2) is 29.6 Å². The second-order valence-electron chi connectivity index (χ2n) is 5.33. The van der Waals surface area contributed by atoms with Gasteiger partial charge in [-0.15, -0.1) is 11.3 Å². The van der Waals surface area contributed by atoms with E-state index in [9.17, 15) is 0 Å². The molecule has 0 unspecified atom stereocenters. The highest BCUT2D eigenvalue weighted by Gasteiger charge is 2.13. The number of hydrogen-bond donors (Lipinski definition) is 0. The van der Waals surface area contributed by atoms with Crippen LogP contribution >= 0.6 is 11.3 Å². The molecular weight excluding hydrogens is 296 g/mol. The van der Waals surface area contributed by atoms with E-state index in [-0.39, 0.29) is 0 Å². The third-order valence-corrected chi connectivity index (χ3v) is 4.41. The average molecular weight is 314 g/mol. The second-order valence-corrected chi connectivity index (χ2v) is 6.18. The van der Waals surface area contributed by atoms with E-state index in [4.69, 9.17) is 14.5 Å². The second kappa shape index (κ2) is 5.93. The molecule has 5 heteroatoms. The predicted molar refractivity (Wildman–Crippen MR) is 90.0 cm³/mol. The van der Waals surface area contributed by atoms with E-state index in [1.165, 1.54) is 0 Å². The number of ether oxygens (including phenoxy) is 2. The highest BCUT2D eigenvalue weighted by Crippen LogP contribution is 2.33. The van der Waals surface area contributed by atoms with Crippen molar-refractivity contribution in [3.05, 3.63) is 35.3 Å². The summed E-state index contributed by atoms with van der Waals surface area (Å²) in [5, 5.41) is 3.96. The van der Waals surface area contributed by atoms with E-state index >= 15 is 0 Å². The first-order valence-electron chi connectivity index (χ1n) is 7.11. The number of benzene rings is 1. The van der Waals surface area contributed by atoms with Gasteiger partial charge in [-0.1, -0.05) is 13.8 Å². The van der Waals surface area contributed by atoms with Gasteiger partial charge in [0.05, 0.1) is 25.4 Å². The Hall–Kier alpha value is -2.14. The monoisotopic (exact) mass is 314 g/mol. The number of thiazole rings is 1. The highest BCUT2D eigenvalue weighted by molar-refractivity contribution is 7.13. The summed E-state index contributed by atoms with van der Waals surface area (Å²) >= 11 is 1.61. The number of hydrogen-bond acceptors (Lipinski definition) is 5. The summed E-state index contributed by atoms with van der Waals surface area (Å²) in [4.78, 5) is 9.40. The van der Waals surface area contributed by atoms with Gasteiger partial charge in [-0.25, -0.2) is 9.97 Å². The molecule has 0 saturated heterocycles. The maximum Gasteiger partial charge on any atom is 0.142 e. The maximum absolute atomic E-state index is 5.51. The van der Waals surface area contributed by atoms with Crippen molar-refractivity contribution in [2.75, 3.05) is 14.2 Å². The lowest BCUT2D eigenvalue weighted by Crippen LogP contribution is -1.93. The van der Waals surface area contributed by atoms with Gasteiger partial charge in [0.15, 0.2) is 0 Å². The minimum absolute atomic E-state index is 0.410. The Bertz CT molecular complexity index is 812. The van der Waals surface area contributed by atoms with Crippen LogP contribution in [0.3, 0.4) is 0 Å². The van der Waals surface area contributed by atoms with Crippen LogP contribution < -0.4 is 9.47 Å². The van der Waals surface area contributed by atoms with Crippen LogP contribution in [-0.2, 0) is 0 Å². The van der Waals surface area contributed by atoms with Crippen LogP contribution in [0.4, 0.5) is 0 Å². The molecule has 0 spiro atoms. The van der Waals surface area contributed by atoms with Crippen molar-refractivity contribution in [1.82, 2.24) is 9.97 Å². The first-order chi connectivity index (χ1) is 10.6. The molecule has 0 bridgehead atoms. The zero-order valence-electron chi connectivity index (χ0n) is 13.1. The van der Waals surface area contributed by atoms with Crippen LogP contribution in [0.5, 0.6) is 11.5 Å². The lowest BCUT2D eigenvalue weighted by Gasteiger charge is -2.08. The minimum atomic E-state index is 0.410. The molecule has 0 aliphatic rings. The Labute approximate surface area is 133 Å². The van der Waals surface area contributed by atoms with Gasteiger partial charge < -0.3 is 9.47 Å². The van der Waals surface area contributed by atoms with Crippen LogP contribution in [-0.4, -0.2) is 24.2 Å². The van der Waals surface area contributed by atoms with Crippen molar-refractivity contribution in [3.8, 4) is 22.2 Å². The molecule has 4 nitrogen and oxygen atoms in total. The maximum atomic E-state index is 5.51. The third-order valence-electron chi connectivity index (χ3n) is 3.53. The number of aromatic nitrogens is 2. The SMILES string of the molecule is COc1ccc2c(OC)cc(-c3nc(C(C)C)cs3)nc2c1. The summed E-state index contributed by atoms with van der Waals surface area (Å²) in [5.41, 5.74) is 2.76. The molecule has 1 aromatic carbocycles. The third kappa shape index (κ3) is 2.64. The lowest BCUT2D eigenvalue weighted by atomic mass is 10.1. The van der Waals surface area contributed by atoms with E-state index < -0.39 is 0 Å². The quantitative estimate of drug-likeness (QED) is 0.711. The van der Waals surface area contributed by atoms with Gasteiger partial charge in [-0.3, -0.25) is 0 Å². The molecular formula is C17H18N2O2S. The number of fused-ring (bicyclic) bond motifs is 1. The van der Waals surface area contributed by atoms with E-state index in [1.54, 1.807) is 25.6 Å². The smallest absolute Gasteiger partial charge is 0.142 e. The van der Waals surface area contributed by atoms with Crippen molar-refractivity contribution in [2.45, 2.75) is 19.8 Å². The van der Waals surface area contributed by atoms with E-state index in [0.29, 0.717) is 5.92 Å². The van der Waals surface area contributed by atoms with Crippen molar-refractivity contribution in [3.63, 3.8) is 0 Å². The standard InChI is InChI=1S/C17H18N2O2S/c1-10(2)15-9-22-17(19-15)14-8-16(21-4)12-6-5-11(20-3)7-13(12)18-14/h5-10H,1-4H3. The Morgan fingerprint density at radius 2 is 1.86 bits per heavy atom. The van der Waals surface area contributed by atoms with Gasteiger partial charge in [0.25, 0.3) is 0 Å². The fraction of sp³-hybridized carbons (Fsp3) is 0.294. The zero-order chi connectivity index (χ0) is 15.7. The fourth-order valence-electron chi connectivity index (χ4n) is 2.25. The highest BCUT2D eigenvalue weighted by atomic mass is 32.1. The number of rotatable bonds is 4. The lowest BCUT2D eigenvalue weighted by molar-refractivity contribution is 0.414. The molecule has 114 valence electrons. The predicted octanol–water partition coefficient (Wildman–Crippen LogP) is 4.50. The average Bonchev–Trinajstić information content (AvgIpc) is 3.03. The molecule has 0 N–H and O–H groups in total. The Kier molecular flexibility index (Phi) is 3.98. The molecule has 0 radical (unpaired) electrons. The van der Waals surface area contributed by atoms with Gasteiger partial charge in [0.1, 0.15) is 22.2 Å². The molecule has 0 fully saturated rings. The van der Waals surface area contributed by atoms with Crippen molar-refractivity contribution in [1.29, 1.82) is 0 Å². The number of nitrogens with zero attached hydrogens (tertiary/aromatic N) is 2. The minimum Gasteiger partial charge on any atom is -0.497 e. The van der Waals surface area contributed by atoms with Gasteiger partial charge >= 0.3 is 0 Å². The van der Waals surface area contributed by atoms with Crippen LogP contribution in [0.2, 0.25) is 0 Å². The topological polar surface area (TPSA) is 44.2 Å². The van der Waals surface area contributed by atoms with Gasteiger partial charge in [0.2, 0.25) is 0 Å². The summed E-state index contributed by atoms with van der Waals surface area (Å²) in [6, 6.07) is 7.73. The van der Waals surface area contributed by atoms with Crippen LogP contribution in [0, 0.1) is 0 Å². The Morgan fingerprint density at radius 3 is 2.50 bits per heavy atom. The molecule has 0 aliphatic heterocycles. The van der Waals surface area contributed by atoms with E-state index in [0.717, 1.165) is 38.8 Å². The molecule has 2 heterocycles. The van der Waals surface area contributed by atoms with Crippen LogP contribution in [0.25, 0.3) is 21.6 Å². The summed E-state index contributed by atoms with van der Waals surface area (Å²) in [5.74, 6) is 1.98. The first kappa shape index (κ1) is 14.8. The Balaban J connectivity index is 2.16. The van der Waals surface area contributed by atoms with Crippen molar-refractivity contribution in [2.24, 2.45) is 0 Å². The normalized spacial score (nSPS) is 11.1. The van der Waals surface area contributed by atoms with Gasteiger partial charge in [-0.05, 0) is 18.1 Å². The Morgan fingerprint density at radius 1 is 1.05 bits per heavy atom. The largest absolute Gasteiger partial charge is 0.497 e. The summed E-state index contributed by atoms with van der Waals surface area (Å²) in [7, 11) is 3.32. The van der Waals surface area contributed by atoms with E-state index in [2.05, 4.69) is 24.2 Å². The molecule has 2 aromatic heterocycles. The fourth-order valence-corrected chi connectivity index (χ4v) is 3.19. The summed E-state index contributed by atoms with van der Waals surface area (Å²) in [6.07, 6.45) is 0. The molecule has 3 aromatic rings. The summed E-state index contributed by atoms with van der Waals surface area (Å²) < 4.78 is 10.8. The summed E-state index contributed by atoms with van der Waals surface area (Å²) in [6.45, 7) is 4.27. The van der Waals surface area contributed by atoms with Crippen molar-refractivity contribution < 1.29 is 9.47 Å². The molecule has 0 saturated carbocycles. The van der Waals surface area contributed by atoms with Gasteiger partial charge in [-0.2, -0.15) is 0 Å².